The Balaban J connectivity index is 1.38. The molecular formula is C19H15FN2O3S. The largest absolute Gasteiger partial charge is 0.485 e. The van der Waals surface area contributed by atoms with E-state index in [0.29, 0.717) is 23.1 Å². The molecule has 1 N–H and O–H groups in total. The lowest BCUT2D eigenvalue weighted by Gasteiger charge is -2.25. The Bertz CT molecular complexity index is 927. The van der Waals surface area contributed by atoms with Gasteiger partial charge in [0.15, 0.2) is 16.6 Å². The van der Waals surface area contributed by atoms with Crippen molar-refractivity contribution in [3.05, 3.63) is 71.0 Å². The van der Waals surface area contributed by atoms with Crippen LogP contribution in [-0.2, 0) is 11.2 Å². The first-order chi connectivity index (χ1) is 12.7. The Morgan fingerprint density at radius 3 is 2.77 bits per heavy atom. The van der Waals surface area contributed by atoms with Crippen LogP contribution in [0.15, 0.2) is 54.7 Å². The van der Waals surface area contributed by atoms with Crippen molar-refractivity contribution in [3.63, 3.8) is 0 Å². The van der Waals surface area contributed by atoms with Crippen LogP contribution < -0.4 is 14.8 Å². The first-order valence-electron chi connectivity index (χ1n) is 8.06. The van der Waals surface area contributed by atoms with Crippen LogP contribution in [0, 0.1) is 5.82 Å². The average Bonchev–Trinajstić information content (AvgIpc) is 3.10. The topological polar surface area (TPSA) is 60.5 Å². The van der Waals surface area contributed by atoms with Crippen molar-refractivity contribution < 1.29 is 18.7 Å². The summed E-state index contributed by atoms with van der Waals surface area (Å²) in [6.07, 6.45) is 1.61. The van der Waals surface area contributed by atoms with E-state index in [1.165, 1.54) is 23.5 Å². The van der Waals surface area contributed by atoms with E-state index in [1.54, 1.807) is 30.5 Å². The number of hydrogen-bond donors (Lipinski definition) is 1. The quantitative estimate of drug-likeness (QED) is 0.762. The fraction of sp³-hybridized carbons (Fsp3) is 0.158. The van der Waals surface area contributed by atoms with Crippen molar-refractivity contribution in [2.24, 2.45) is 0 Å². The molecular weight excluding hydrogens is 355 g/mol. The minimum atomic E-state index is -0.727. The first kappa shape index (κ1) is 16.5. The number of nitrogens with one attached hydrogen (secondary N) is 1. The van der Waals surface area contributed by atoms with Gasteiger partial charge in [0.25, 0.3) is 5.91 Å². The Morgan fingerprint density at radius 1 is 1.19 bits per heavy atom. The number of rotatable bonds is 4. The number of carbonyl (C=O) groups excluding carboxylic acids is 1. The molecule has 1 amide bonds. The Labute approximate surface area is 153 Å². The first-order valence-corrected chi connectivity index (χ1v) is 8.87. The zero-order valence-electron chi connectivity index (χ0n) is 13.6. The molecule has 1 atom stereocenters. The molecule has 1 aliphatic rings. The summed E-state index contributed by atoms with van der Waals surface area (Å²) in [5.41, 5.74) is 0.980. The minimum Gasteiger partial charge on any atom is -0.485 e. The van der Waals surface area contributed by atoms with Crippen molar-refractivity contribution in [3.8, 4) is 11.5 Å². The molecule has 2 heterocycles. The van der Waals surface area contributed by atoms with Crippen LogP contribution in [0.3, 0.4) is 0 Å². The van der Waals surface area contributed by atoms with E-state index >= 15 is 0 Å². The Kier molecular flexibility index (Phi) is 4.53. The van der Waals surface area contributed by atoms with Crippen molar-refractivity contribution in [2.45, 2.75) is 12.5 Å². The molecule has 0 saturated heterocycles. The van der Waals surface area contributed by atoms with Gasteiger partial charge in [-0.05, 0) is 29.8 Å². The molecule has 0 spiro atoms. The third-order valence-corrected chi connectivity index (χ3v) is 4.79. The summed E-state index contributed by atoms with van der Waals surface area (Å²) in [7, 11) is 0. The third kappa shape index (κ3) is 3.67. The van der Waals surface area contributed by atoms with Crippen molar-refractivity contribution >= 4 is 22.4 Å². The molecule has 0 bridgehead atoms. The Hall–Kier alpha value is -2.93. The van der Waals surface area contributed by atoms with Crippen molar-refractivity contribution in [1.29, 1.82) is 0 Å². The highest BCUT2D eigenvalue weighted by Crippen LogP contribution is 2.31. The number of aromatic nitrogens is 1. The number of carbonyl (C=O) groups is 1. The lowest BCUT2D eigenvalue weighted by Crippen LogP contribution is -2.40. The summed E-state index contributed by atoms with van der Waals surface area (Å²) >= 11 is 1.38. The number of ether oxygens (including phenoxy) is 2. The fourth-order valence-corrected chi connectivity index (χ4v) is 3.43. The molecule has 1 aliphatic heterocycles. The normalized spacial score (nSPS) is 15.5. The van der Waals surface area contributed by atoms with Gasteiger partial charge in [0.05, 0.1) is 0 Å². The maximum Gasteiger partial charge on any atom is 0.270 e. The second-order valence-corrected chi connectivity index (χ2v) is 6.90. The molecule has 1 aromatic heterocycles. The summed E-state index contributed by atoms with van der Waals surface area (Å²) in [6, 6.07) is 13.6. The van der Waals surface area contributed by atoms with E-state index in [2.05, 4.69) is 10.3 Å². The molecule has 0 unspecified atom stereocenters. The standard InChI is InChI=1S/C19H15FN2O3S/c20-13-7-5-12(6-8-13)9-14-10-21-19(26-14)22-18(23)17-11-24-15-3-1-2-4-16(15)25-17/h1-8,10,17H,9,11H2,(H,21,22,23)/t17-/m0/s1. The SMILES string of the molecule is O=C(Nc1ncc(Cc2ccc(F)cc2)s1)[C@@H]1COc2ccccc2O1. The summed E-state index contributed by atoms with van der Waals surface area (Å²) in [6.45, 7) is 0.149. The fourth-order valence-electron chi connectivity index (χ4n) is 2.59. The number of thiazole rings is 1. The molecule has 3 aromatic rings. The van der Waals surface area contributed by atoms with Crippen LogP contribution in [0.4, 0.5) is 9.52 Å². The predicted molar refractivity (Wildman–Crippen MR) is 96.3 cm³/mol. The van der Waals surface area contributed by atoms with E-state index in [9.17, 15) is 9.18 Å². The summed E-state index contributed by atoms with van der Waals surface area (Å²) in [4.78, 5) is 17.6. The van der Waals surface area contributed by atoms with Gasteiger partial charge in [-0.1, -0.05) is 24.3 Å². The van der Waals surface area contributed by atoms with Gasteiger partial charge >= 0.3 is 0 Å². The smallest absolute Gasteiger partial charge is 0.270 e. The lowest BCUT2D eigenvalue weighted by molar-refractivity contribution is -0.125. The maximum absolute atomic E-state index is 13.0. The molecule has 4 rings (SSSR count). The van der Waals surface area contributed by atoms with Gasteiger partial charge in [0, 0.05) is 17.5 Å². The van der Waals surface area contributed by atoms with Crippen LogP contribution in [-0.4, -0.2) is 23.6 Å². The monoisotopic (exact) mass is 370 g/mol. The van der Waals surface area contributed by atoms with Gasteiger partial charge in [-0.2, -0.15) is 0 Å². The van der Waals surface area contributed by atoms with Gasteiger partial charge in [0.1, 0.15) is 12.4 Å². The molecule has 0 fully saturated rings. The third-order valence-electron chi connectivity index (χ3n) is 3.88. The van der Waals surface area contributed by atoms with Gasteiger partial charge < -0.3 is 9.47 Å². The second-order valence-electron chi connectivity index (χ2n) is 5.79. The van der Waals surface area contributed by atoms with E-state index in [1.807, 2.05) is 12.1 Å². The number of nitrogens with zero attached hydrogens (tertiary/aromatic N) is 1. The summed E-state index contributed by atoms with van der Waals surface area (Å²) in [5, 5.41) is 3.26. The number of amides is 1. The Morgan fingerprint density at radius 2 is 1.96 bits per heavy atom. The van der Waals surface area contributed by atoms with E-state index < -0.39 is 6.10 Å². The molecule has 26 heavy (non-hydrogen) atoms. The minimum absolute atomic E-state index is 0.149. The zero-order chi connectivity index (χ0) is 17.9. The molecule has 0 radical (unpaired) electrons. The number of hydrogen-bond acceptors (Lipinski definition) is 5. The van der Waals surface area contributed by atoms with E-state index in [-0.39, 0.29) is 18.3 Å². The second kappa shape index (κ2) is 7.13. The lowest BCUT2D eigenvalue weighted by atomic mass is 10.1. The van der Waals surface area contributed by atoms with Gasteiger partial charge in [-0.3, -0.25) is 10.1 Å². The van der Waals surface area contributed by atoms with Gasteiger partial charge in [0.2, 0.25) is 6.10 Å². The molecule has 132 valence electrons. The molecule has 7 heteroatoms. The number of benzene rings is 2. The number of halogens is 1. The highest BCUT2D eigenvalue weighted by Gasteiger charge is 2.27. The average molecular weight is 370 g/mol. The number of para-hydroxylation sites is 2. The van der Waals surface area contributed by atoms with Crippen LogP contribution in [0.25, 0.3) is 0 Å². The van der Waals surface area contributed by atoms with Crippen LogP contribution in [0.5, 0.6) is 11.5 Å². The summed E-state index contributed by atoms with van der Waals surface area (Å²) < 4.78 is 24.2. The number of fused-ring (bicyclic) bond motifs is 1. The van der Waals surface area contributed by atoms with Gasteiger partial charge in [-0.25, -0.2) is 9.37 Å². The van der Waals surface area contributed by atoms with Crippen molar-refractivity contribution in [1.82, 2.24) is 4.98 Å². The van der Waals surface area contributed by atoms with Crippen LogP contribution >= 0.6 is 11.3 Å². The molecule has 0 aliphatic carbocycles. The summed E-state index contributed by atoms with van der Waals surface area (Å²) in [5.74, 6) is 0.617. The predicted octanol–water partition coefficient (Wildman–Crippen LogP) is 3.65. The van der Waals surface area contributed by atoms with E-state index in [0.717, 1.165) is 10.4 Å². The number of anilines is 1. The van der Waals surface area contributed by atoms with Crippen molar-refractivity contribution in [2.75, 3.05) is 11.9 Å². The molecule has 0 saturated carbocycles. The zero-order valence-corrected chi connectivity index (χ0v) is 14.5. The molecule has 2 aromatic carbocycles. The maximum atomic E-state index is 13.0. The highest BCUT2D eigenvalue weighted by molar-refractivity contribution is 7.15. The van der Waals surface area contributed by atoms with Crippen LogP contribution in [0.2, 0.25) is 0 Å². The van der Waals surface area contributed by atoms with Gasteiger partial charge in [-0.15, -0.1) is 11.3 Å². The van der Waals surface area contributed by atoms with E-state index in [4.69, 9.17) is 9.47 Å². The van der Waals surface area contributed by atoms with Crippen LogP contribution in [0.1, 0.15) is 10.4 Å². The highest BCUT2D eigenvalue weighted by atomic mass is 32.1. The molecule has 5 nitrogen and oxygen atoms in total.